The maximum atomic E-state index is 14.9. The lowest BCUT2D eigenvalue weighted by atomic mass is 10.2. The highest BCUT2D eigenvalue weighted by molar-refractivity contribution is 8.00. The molecule has 0 radical (unpaired) electrons. The average molecular weight is 401 g/mol. The molecule has 0 aliphatic rings. The largest absolute Gasteiger partial charge is 0.468 e. The number of esters is 1. The molecule has 0 bridgehead atoms. The van der Waals surface area contributed by atoms with Gasteiger partial charge in [0.15, 0.2) is 5.16 Å². The molecule has 3 aromatic rings. The van der Waals surface area contributed by atoms with Gasteiger partial charge >= 0.3 is 5.97 Å². The number of imidazole rings is 1. The average Bonchev–Trinajstić information content (AvgIpc) is 3.03. The second-order valence-corrected chi connectivity index (χ2v) is 7.27. The molecule has 3 rings (SSSR count). The fourth-order valence-electron chi connectivity index (χ4n) is 2.84. The van der Waals surface area contributed by atoms with E-state index in [1.165, 1.54) is 31.9 Å². The first kappa shape index (κ1) is 19.9. The van der Waals surface area contributed by atoms with E-state index in [1.54, 1.807) is 16.7 Å². The van der Waals surface area contributed by atoms with Crippen LogP contribution >= 0.6 is 11.8 Å². The van der Waals surface area contributed by atoms with E-state index in [1.807, 2.05) is 31.2 Å². The highest BCUT2D eigenvalue weighted by Gasteiger charge is 2.24. The van der Waals surface area contributed by atoms with E-state index in [0.717, 1.165) is 5.52 Å². The number of anilines is 1. The number of hydrogen-bond donors (Lipinski definition) is 1. The molecular formula is C20H20FN3O3S. The molecule has 2 aromatic carbocycles. The number of ether oxygens (including phenoxy) is 1. The molecule has 0 spiro atoms. The van der Waals surface area contributed by atoms with E-state index in [2.05, 4.69) is 10.3 Å². The van der Waals surface area contributed by atoms with Crippen molar-refractivity contribution in [2.24, 2.45) is 0 Å². The van der Waals surface area contributed by atoms with Gasteiger partial charge in [0, 0.05) is 12.6 Å². The smallest absolute Gasteiger partial charge is 0.319 e. The van der Waals surface area contributed by atoms with Crippen molar-refractivity contribution in [3.8, 4) is 5.69 Å². The van der Waals surface area contributed by atoms with E-state index in [-0.39, 0.29) is 17.6 Å². The first-order valence-corrected chi connectivity index (χ1v) is 9.62. The number of rotatable bonds is 6. The summed E-state index contributed by atoms with van der Waals surface area (Å²) in [5.74, 6) is -1.14. The van der Waals surface area contributed by atoms with Gasteiger partial charge in [-0.15, -0.1) is 0 Å². The van der Waals surface area contributed by atoms with Crippen molar-refractivity contribution in [2.45, 2.75) is 30.7 Å². The molecule has 1 N–H and O–H groups in total. The van der Waals surface area contributed by atoms with Crippen LogP contribution in [0.4, 0.5) is 10.1 Å². The number of methoxy groups -OCH3 is 1. The van der Waals surface area contributed by atoms with Gasteiger partial charge in [-0.2, -0.15) is 0 Å². The third-order valence-corrected chi connectivity index (χ3v) is 5.42. The summed E-state index contributed by atoms with van der Waals surface area (Å²) in [6.07, 6.45) is 0.546. The van der Waals surface area contributed by atoms with Crippen molar-refractivity contribution in [3.63, 3.8) is 0 Å². The number of benzene rings is 2. The van der Waals surface area contributed by atoms with Crippen LogP contribution in [0.2, 0.25) is 0 Å². The van der Waals surface area contributed by atoms with Gasteiger partial charge in [-0.3, -0.25) is 14.2 Å². The number of hydrogen-bond acceptors (Lipinski definition) is 5. The normalized spacial score (nSPS) is 12.0. The molecule has 0 saturated carbocycles. The van der Waals surface area contributed by atoms with E-state index >= 15 is 0 Å². The fraction of sp³-hybridized carbons (Fsp3) is 0.250. The Morgan fingerprint density at radius 1 is 1.29 bits per heavy atom. The second kappa shape index (κ2) is 8.43. The first-order valence-electron chi connectivity index (χ1n) is 8.74. The number of aromatic nitrogens is 2. The van der Waals surface area contributed by atoms with Crippen LogP contribution in [0.3, 0.4) is 0 Å². The molecule has 1 amide bonds. The summed E-state index contributed by atoms with van der Waals surface area (Å²) >= 11 is 1.23. The summed E-state index contributed by atoms with van der Waals surface area (Å²) in [6, 6.07) is 11.8. The van der Waals surface area contributed by atoms with E-state index in [0.29, 0.717) is 22.8 Å². The monoisotopic (exact) mass is 401 g/mol. The summed E-state index contributed by atoms with van der Waals surface area (Å²) in [5, 5.41) is 2.60. The topological polar surface area (TPSA) is 73.2 Å². The molecule has 1 atom stereocenters. The number of nitrogens with one attached hydrogen (secondary N) is 1. The van der Waals surface area contributed by atoms with E-state index in [9.17, 15) is 14.0 Å². The number of carbonyl (C=O) groups excluding carboxylic acids is 2. The van der Waals surface area contributed by atoms with Gasteiger partial charge in [0.25, 0.3) is 0 Å². The Labute approximate surface area is 166 Å². The van der Waals surface area contributed by atoms with Crippen LogP contribution in [0.15, 0.2) is 47.6 Å². The maximum absolute atomic E-state index is 14.9. The molecule has 0 aliphatic heterocycles. The Morgan fingerprint density at radius 3 is 2.68 bits per heavy atom. The Kier molecular flexibility index (Phi) is 5.99. The van der Waals surface area contributed by atoms with Crippen molar-refractivity contribution in [2.75, 3.05) is 12.4 Å². The summed E-state index contributed by atoms with van der Waals surface area (Å²) in [6.45, 7) is 3.24. The van der Waals surface area contributed by atoms with Gasteiger partial charge in [-0.05, 0) is 36.8 Å². The number of carbonyl (C=O) groups is 2. The first-order chi connectivity index (χ1) is 13.4. The van der Waals surface area contributed by atoms with Crippen molar-refractivity contribution in [1.29, 1.82) is 0 Å². The predicted molar refractivity (Wildman–Crippen MR) is 107 cm³/mol. The zero-order valence-corrected chi connectivity index (χ0v) is 16.5. The van der Waals surface area contributed by atoms with Crippen molar-refractivity contribution < 1.29 is 18.7 Å². The highest BCUT2D eigenvalue weighted by Crippen LogP contribution is 2.33. The standard InChI is InChI=1S/C20H20FN3O3S/c1-4-18(19(26)27-3)28-20-23-15-7-5-6-8-17(15)24(20)16-10-9-13(11-14(16)21)22-12(2)25/h5-11,18H,4H2,1-3H3,(H,22,25). The summed E-state index contributed by atoms with van der Waals surface area (Å²) in [5.41, 5.74) is 2.06. The van der Waals surface area contributed by atoms with Gasteiger partial charge in [0.05, 0.1) is 23.8 Å². The minimum Gasteiger partial charge on any atom is -0.468 e. The van der Waals surface area contributed by atoms with Crippen LogP contribution in [0, 0.1) is 5.82 Å². The van der Waals surface area contributed by atoms with Crippen molar-refractivity contribution in [3.05, 3.63) is 48.3 Å². The number of halogens is 1. The summed E-state index contributed by atoms with van der Waals surface area (Å²) in [4.78, 5) is 27.8. The predicted octanol–water partition coefficient (Wildman–Crippen LogP) is 4.17. The molecule has 0 fully saturated rings. The molecule has 0 aliphatic carbocycles. The van der Waals surface area contributed by atoms with Crippen LogP contribution in [-0.2, 0) is 14.3 Å². The molecule has 0 saturated heterocycles. The summed E-state index contributed by atoms with van der Waals surface area (Å²) in [7, 11) is 1.34. The Bertz CT molecular complexity index is 1030. The molecular weight excluding hydrogens is 381 g/mol. The number of fused-ring (bicyclic) bond motifs is 1. The van der Waals surface area contributed by atoms with Crippen LogP contribution in [0.1, 0.15) is 20.3 Å². The Morgan fingerprint density at radius 2 is 2.04 bits per heavy atom. The van der Waals surface area contributed by atoms with Gasteiger partial charge in [-0.1, -0.05) is 30.8 Å². The molecule has 1 heterocycles. The molecule has 28 heavy (non-hydrogen) atoms. The molecule has 1 aromatic heterocycles. The van der Waals surface area contributed by atoms with E-state index < -0.39 is 11.1 Å². The molecule has 1 unspecified atom stereocenters. The van der Waals surface area contributed by atoms with Crippen LogP contribution in [0.5, 0.6) is 0 Å². The van der Waals surface area contributed by atoms with Crippen LogP contribution < -0.4 is 5.32 Å². The number of para-hydroxylation sites is 2. The lowest BCUT2D eigenvalue weighted by molar-refractivity contribution is -0.140. The highest BCUT2D eigenvalue weighted by atomic mass is 32.2. The minimum atomic E-state index is -0.512. The lowest BCUT2D eigenvalue weighted by Gasteiger charge is -2.15. The molecule has 6 nitrogen and oxygen atoms in total. The van der Waals surface area contributed by atoms with Gasteiger partial charge in [0.2, 0.25) is 5.91 Å². The number of thioether (sulfide) groups is 1. The zero-order valence-electron chi connectivity index (χ0n) is 15.7. The third kappa shape index (κ3) is 4.01. The number of nitrogens with zero attached hydrogens (tertiary/aromatic N) is 2. The quantitative estimate of drug-likeness (QED) is 0.496. The molecule has 146 valence electrons. The van der Waals surface area contributed by atoms with Gasteiger partial charge in [-0.25, -0.2) is 9.37 Å². The van der Waals surface area contributed by atoms with Gasteiger partial charge in [0.1, 0.15) is 11.1 Å². The second-order valence-electron chi connectivity index (χ2n) is 6.10. The number of amides is 1. The van der Waals surface area contributed by atoms with E-state index in [4.69, 9.17) is 4.74 Å². The van der Waals surface area contributed by atoms with Gasteiger partial charge < -0.3 is 10.1 Å². The maximum Gasteiger partial charge on any atom is 0.319 e. The Balaban J connectivity index is 2.11. The van der Waals surface area contributed by atoms with Crippen LogP contribution in [-0.4, -0.2) is 33.8 Å². The minimum absolute atomic E-state index is 0.277. The summed E-state index contributed by atoms with van der Waals surface area (Å²) < 4.78 is 21.5. The van der Waals surface area contributed by atoms with Crippen molar-refractivity contribution in [1.82, 2.24) is 9.55 Å². The third-order valence-electron chi connectivity index (χ3n) is 4.12. The van der Waals surface area contributed by atoms with Crippen molar-refractivity contribution >= 4 is 40.4 Å². The molecule has 8 heteroatoms. The fourth-order valence-corrected chi connectivity index (χ4v) is 3.91. The SMILES string of the molecule is CCC(Sc1nc2ccccc2n1-c1ccc(NC(C)=O)cc1F)C(=O)OC. The lowest BCUT2D eigenvalue weighted by Crippen LogP contribution is -2.18. The van der Waals surface area contributed by atoms with Crippen LogP contribution in [0.25, 0.3) is 16.7 Å². The Hall–Kier alpha value is -2.87. The zero-order chi connectivity index (χ0) is 20.3.